The van der Waals surface area contributed by atoms with Gasteiger partial charge in [-0.2, -0.15) is 0 Å². The highest BCUT2D eigenvalue weighted by Gasteiger charge is 2.15. The van der Waals surface area contributed by atoms with Crippen molar-refractivity contribution in [1.82, 2.24) is 5.32 Å². The Labute approximate surface area is 119 Å². The average molecular weight is 291 g/mol. The van der Waals surface area contributed by atoms with Crippen LogP contribution in [0.1, 0.15) is 20.8 Å². The number of hydrogen-bond donors (Lipinski definition) is 2. The maximum atomic E-state index is 12.0. The highest BCUT2D eigenvalue weighted by atomic mass is 32.1. The summed E-state index contributed by atoms with van der Waals surface area (Å²) in [4.78, 5) is 23.2. The zero-order chi connectivity index (χ0) is 14.7. The van der Waals surface area contributed by atoms with Gasteiger partial charge in [-0.1, -0.05) is 0 Å². The van der Waals surface area contributed by atoms with Crippen LogP contribution in [0, 0.1) is 17.0 Å². The summed E-state index contributed by atoms with van der Waals surface area (Å²) in [5, 5.41) is 15.4. The first-order chi connectivity index (χ1) is 9.49. The second-order valence-electron chi connectivity index (χ2n) is 4.24. The van der Waals surface area contributed by atoms with E-state index in [4.69, 9.17) is 5.73 Å². The fourth-order valence-corrected chi connectivity index (χ4v) is 2.54. The van der Waals surface area contributed by atoms with Crippen molar-refractivity contribution in [2.45, 2.75) is 13.5 Å². The van der Waals surface area contributed by atoms with Crippen LogP contribution in [0.5, 0.6) is 0 Å². The Morgan fingerprint density at radius 1 is 1.45 bits per heavy atom. The van der Waals surface area contributed by atoms with Crippen molar-refractivity contribution in [2.24, 2.45) is 0 Å². The topological polar surface area (TPSA) is 98.3 Å². The van der Waals surface area contributed by atoms with Gasteiger partial charge in [0.05, 0.1) is 17.0 Å². The third-order valence-corrected chi connectivity index (χ3v) is 3.89. The predicted octanol–water partition coefficient (Wildman–Crippen LogP) is 2.48. The molecule has 20 heavy (non-hydrogen) atoms. The monoisotopic (exact) mass is 291 g/mol. The minimum absolute atomic E-state index is 0.119. The Balaban J connectivity index is 2.15. The quantitative estimate of drug-likeness (QED) is 0.513. The van der Waals surface area contributed by atoms with Gasteiger partial charge in [-0.15, -0.1) is 11.3 Å². The number of nitrogen functional groups attached to an aromatic ring is 1. The maximum Gasteiger partial charge on any atom is 0.270 e. The number of nitro groups is 1. The molecule has 0 saturated carbocycles. The zero-order valence-electron chi connectivity index (χ0n) is 10.8. The summed E-state index contributed by atoms with van der Waals surface area (Å²) in [6.45, 7) is 2.34. The molecular weight excluding hydrogens is 278 g/mol. The third kappa shape index (κ3) is 2.94. The maximum absolute atomic E-state index is 12.0. The van der Waals surface area contributed by atoms with Crippen LogP contribution in [0.2, 0.25) is 0 Å². The van der Waals surface area contributed by atoms with Gasteiger partial charge < -0.3 is 11.1 Å². The van der Waals surface area contributed by atoms with Gasteiger partial charge in [-0.05, 0) is 30.0 Å². The van der Waals surface area contributed by atoms with E-state index in [0.29, 0.717) is 6.54 Å². The number of amides is 1. The SMILES string of the molecule is Cc1ccsc1CNC(=O)c1cc([N+](=O)[O-])ccc1N. The Bertz CT molecular complexity index is 667. The summed E-state index contributed by atoms with van der Waals surface area (Å²) < 4.78 is 0. The summed E-state index contributed by atoms with van der Waals surface area (Å²) in [6.07, 6.45) is 0. The van der Waals surface area contributed by atoms with Crippen molar-refractivity contribution in [3.05, 3.63) is 55.8 Å². The van der Waals surface area contributed by atoms with Gasteiger partial charge in [0.25, 0.3) is 11.6 Å². The number of hydrogen-bond acceptors (Lipinski definition) is 5. The van der Waals surface area contributed by atoms with Gasteiger partial charge in [0.1, 0.15) is 0 Å². The van der Waals surface area contributed by atoms with E-state index in [9.17, 15) is 14.9 Å². The largest absolute Gasteiger partial charge is 0.398 e. The number of anilines is 1. The molecule has 0 atom stereocenters. The van der Waals surface area contributed by atoms with Crippen molar-refractivity contribution in [3.63, 3.8) is 0 Å². The van der Waals surface area contributed by atoms with E-state index >= 15 is 0 Å². The van der Waals surface area contributed by atoms with Gasteiger partial charge in [-0.3, -0.25) is 14.9 Å². The van der Waals surface area contributed by atoms with Crippen LogP contribution in [0.25, 0.3) is 0 Å². The normalized spacial score (nSPS) is 10.2. The van der Waals surface area contributed by atoms with E-state index in [-0.39, 0.29) is 16.9 Å². The van der Waals surface area contributed by atoms with Crippen molar-refractivity contribution in [1.29, 1.82) is 0 Å². The molecule has 0 unspecified atom stereocenters. The Hall–Kier alpha value is -2.41. The molecule has 0 aliphatic carbocycles. The number of carbonyl (C=O) groups excluding carboxylic acids is 1. The molecule has 2 rings (SSSR count). The molecule has 0 aliphatic heterocycles. The van der Waals surface area contributed by atoms with Gasteiger partial charge in [0.15, 0.2) is 0 Å². The lowest BCUT2D eigenvalue weighted by atomic mass is 10.1. The summed E-state index contributed by atoms with van der Waals surface area (Å²) in [7, 11) is 0. The van der Waals surface area contributed by atoms with Crippen LogP contribution in [0.15, 0.2) is 29.6 Å². The van der Waals surface area contributed by atoms with E-state index in [2.05, 4.69) is 5.32 Å². The molecule has 1 heterocycles. The standard InChI is InChI=1S/C13H13N3O3S/c1-8-4-5-20-12(8)7-15-13(17)10-6-9(16(18)19)2-3-11(10)14/h2-6H,7,14H2,1H3,(H,15,17). The first-order valence-electron chi connectivity index (χ1n) is 5.84. The van der Waals surface area contributed by atoms with Crippen LogP contribution in [-0.2, 0) is 6.54 Å². The summed E-state index contributed by atoms with van der Waals surface area (Å²) in [6, 6.07) is 5.79. The number of carbonyl (C=O) groups is 1. The van der Waals surface area contributed by atoms with Gasteiger partial charge in [0, 0.05) is 22.7 Å². The van der Waals surface area contributed by atoms with Crippen LogP contribution in [0.4, 0.5) is 11.4 Å². The van der Waals surface area contributed by atoms with Gasteiger partial charge >= 0.3 is 0 Å². The van der Waals surface area contributed by atoms with Crippen molar-refractivity contribution >= 4 is 28.6 Å². The van der Waals surface area contributed by atoms with Crippen molar-refractivity contribution in [3.8, 4) is 0 Å². The predicted molar refractivity (Wildman–Crippen MR) is 77.7 cm³/mol. The highest BCUT2D eigenvalue weighted by molar-refractivity contribution is 7.10. The number of rotatable bonds is 4. The first kappa shape index (κ1) is 14.0. The van der Waals surface area contributed by atoms with Crippen LogP contribution in [0.3, 0.4) is 0 Å². The lowest BCUT2D eigenvalue weighted by molar-refractivity contribution is -0.384. The molecule has 0 radical (unpaired) electrons. The first-order valence-corrected chi connectivity index (χ1v) is 6.72. The molecule has 104 valence electrons. The average Bonchev–Trinajstić information content (AvgIpc) is 2.81. The molecule has 6 nitrogen and oxygen atoms in total. The highest BCUT2D eigenvalue weighted by Crippen LogP contribution is 2.20. The molecule has 0 bridgehead atoms. The summed E-state index contributed by atoms with van der Waals surface area (Å²) in [5.41, 5.74) is 6.97. The van der Waals surface area contributed by atoms with Crippen LogP contribution in [-0.4, -0.2) is 10.8 Å². The molecule has 1 aromatic carbocycles. The minimum Gasteiger partial charge on any atom is -0.398 e. The third-order valence-electron chi connectivity index (χ3n) is 2.87. The van der Waals surface area contributed by atoms with E-state index in [1.807, 2.05) is 18.4 Å². The number of nitro benzene ring substituents is 1. The number of nitrogens with one attached hydrogen (secondary N) is 1. The smallest absolute Gasteiger partial charge is 0.270 e. The molecule has 0 spiro atoms. The lowest BCUT2D eigenvalue weighted by Gasteiger charge is -2.07. The molecule has 0 fully saturated rings. The number of thiophene rings is 1. The van der Waals surface area contributed by atoms with Crippen molar-refractivity contribution in [2.75, 3.05) is 5.73 Å². The van der Waals surface area contributed by atoms with Gasteiger partial charge in [0.2, 0.25) is 0 Å². The molecule has 0 saturated heterocycles. The molecule has 1 aromatic heterocycles. The number of aryl methyl sites for hydroxylation is 1. The molecule has 3 N–H and O–H groups in total. The summed E-state index contributed by atoms with van der Waals surface area (Å²) >= 11 is 1.54. The van der Waals surface area contributed by atoms with Crippen molar-refractivity contribution < 1.29 is 9.72 Å². The molecule has 1 amide bonds. The molecular formula is C13H13N3O3S. The number of non-ortho nitro benzene ring substituents is 1. The number of nitrogens with two attached hydrogens (primary N) is 1. The van der Waals surface area contributed by atoms with Crippen LogP contribution < -0.4 is 11.1 Å². The Morgan fingerprint density at radius 3 is 2.80 bits per heavy atom. The van der Waals surface area contributed by atoms with E-state index in [1.54, 1.807) is 11.3 Å². The molecule has 0 aliphatic rings. The van der Waals surface area contributed by atoms with E-state index in [1.165, 1.54) is 18.2 Å². The van der Waals surface area contributed by atoms with E-state index < -0.39 is 10.8 Å². The molecule has 7 heteroatoms. The molecule has 2 aromatic rings. The second-order valence-corrected chi connectivity index (χ2v) is 5.24. The lowest BCUT2D eigenvalue weighted by Crippen LogP contribution is -2.23. The fourth-order valence-electron chi connectivity index (χ4n) is 1.70. The fraction of sp³-hybridized carbons (Fsp3) is 0.154. The zero-order valence-corrected chi connectivity index (χ0v) is 11.6. The van der Waals surface area contributed by atoms with Gasteiger partial charge in [-0.25, -0.2) is 0 Å². The number of nitrogens with zero attached hydrogens (tertiary/aromatic N) is 1. The number of benzene rings is 1. The van der Waals surface area contributed by atoms with Crippen LogP contribution >= 0.6 is 11.3 Å². The Morgan fingerprint density at radius 2 is 2.20 bits per heavy atom. The summed E-state index contributed by atoms with van der Waals surface area (Å²) in [5.74, 6) is -0.418. The Kier molecular flexibility index (Phi) is 3.99. The minimum atomic E-state index is -0.556. The second kappa shape index (κ2) is 5.70. The van der Waals surface area contributed by atoms with E-state index in [0.717, 1.165) is 10.4 Å².